The number of thiazole rings is 1. The molecule has 1 aliphatic rings. The molecule has 0 fully saturated rings. The van der Waals surface area contributed by atoms with E-state index in [9.17, 15) is 0 Å². The van der Waals surface area contributed by atoms with Gasteiger partial charge in [-0.05, 0) is 27.2 Å². The van der Waals surface area contributed by atoms with E-state index < -0.39 is 0 Å². The van der Waals surface area contributed by atoms with Gasteiger partial charge in [0.05, 0.1) is 40.9 Å². The van der Waals surface area contributed by atoms with Crippen LogP contribution in [0, 0.1) is 6.92 Å². The number of fused-ring (bicyclic) bond motifs is 3. The number of aromatic nitrogens is 8. The lowest BCUT2D eigenvalue weighted by Gasteiger charge is -2.39. The van der Waals surface area contributed by atoms with Crippen LogP contribution in [-0.2, 0) is 0 Å². The zero-order valence-corrected chi connectivity index (χ0v) is 17.5. The fraction of sp³-hybridized carbons (Fsp3) is 0.368. The number of hydrogen-bond acceptors (Lipinski definition) is 8. The molecule has 1 atom stereocenters. The second-order valence-electron chi connectivity index (χ2n) is 7.30. The van der Waals surface area contributed by atoms with Crippen LogP contribution in [0.5, 0.6) is 0 Å². The molecule has 1 aliphatic heterocycles. The van der Waals surface area contributed by atoms with E-state index in [4.69, 9.17) is 4.98 Å². The van der Waals surface area contributed by atoms with Gasteiger partial charge in [-0.3, -0.25) is 9.67 Å². The first-order valence-corrected chi connectivity index (χ1v) is 10.5. The molecule has 4 aromatic rings. The average molecular weight is 408 g/mol. The van der Waals surface area contributed by atoms with Gasteiger partial charge in [0.2, 0.25) is 0 Å². The van der Waals surface area contributed by atoms with Gasteiger partial charge >= 0.3 is 0 Å². The van der Waals surface area contributed by atoms with Gasteiger partial charge in [-0.15, -0.1) is 21.5 Å². The predicted octanol–water partition coefficient (Wildman–Crippen LogP) is 3.56. The highest BCUT2D eigenvalue weighted by Crippen LogP contribution is 2.41. The Bertz CT molecular complexity index is 1160. The second kappa shape index (κ2) is 6.73. The summed E-state index contributed by atoms with van der Waals surface area (Å²) in [4.78, 5) is 16.4. The first-order valence-electron chi connectivity index (χ1n) is 9.60. The maximum Gasteiger partial charge on any atom is 0.165 e. The Labute approximate surface area is 171 Å². The van der Waals surface area contributed by atoms with Crippen molar-refractivity contribution in [2.45, 2.75) is 46.2 Å². The monoisotopic (exact) mass is 407 g/mol. The highest BCUT2D eigenvalue weighted by atomic mass is 32.1. The summed E-state index contributed by atoms with van der Waals surface area (Å²) in [6.45, 7) is 8.47. The van der Waals surface area contributed by atoms with Gasteiger partial charge in [-0.1, -0.05) is 6.92 Å². The predicted molar refractivity (Wildman–Crippen MR) is 111 cm³/mol. The number of anilines is 1. The van der Waals surface area contributed by atoms with Gasteiger partial charge in [0.15, 0.2) is 17.5 Å². The lowest BCUT2D eigenvalue weighted by Crippen LogP contribution is -2.40. The van der Waals surface area contributed by atoms with E-state index in [-0.39, 0.29) is 12.1 Å². The molecule has 4 aromatic heterocycles. The fourth-order valence-electron chi connectivity index (χ4n) is 3.98. The molecule has 0 amide bonds. The normalized spacial score (nSPS) is 15.6. The van der Waals surface area contributed by atoms with Gasteiger partial charge in [-0.2, -0.15) is 5.10 Å². The molecular formula is C19H21N9S. The molecule has 0 aliphatic carbocycles. The minimum Gasteiger partial charge on any atom is -0.342 e. The quantitative estimate of drug-likeness (QED) is 0.552. The molecule has 0 spiro atoms. The van der Waals surface area contributed by atoms with Crippen LogP contribution in [0.25, 0.3) is 28.5 Å². The molecule has 0 unspecified atom stereocenters. The van der Waals surface area contributed by atoms with Gasteiger partial charge in [-0.25, -0.2) is 15.0 Å². The number of nitrogens with one attached hydrogen (secondary N) is 1. The number of nitrogens with zero attached hydrogens (tertiary/aromatic N) is 8. The minimum atomic E-state index is 0.105. The Balaban J connectivity index is 1.71. The van der Waals surface area contributed by atoms with E-state index >= 15 is 0 Å². The van der Waals surface area contributed by atoms with E-state index in [1.54, 1.807) is 23.0 Å². The van der Waals surface area contributed by atoms with Crippen LogP contribution in [0.3, 0.4) is 0 Å². The molecule has 148 valence electrons. The van der Waals surface area contributed by atoms with Gasteiger partial charge in [0.25, 0.3) is 0 Å². The molecule has 0 bridgehead atoms. The highest BCUT2D eigenvalue weighted by molar-refractivity contribution is 7.07. The molecule has 5 heterocycles. The molecule has 29 heavy (non-hydrogen) atoms. The molecule has 9 nitrogen and oxygen atoms in total. The van der Waals surface area contributed by atoms with Crippen molar-refractivity contribution in [3.8, 4) is 28.5 Å². The smallest absolute Gasteiger partial charge is 0.165 e. The Morgan fingerprint density at radius 3 is 2.79 bits per heavy atom. The SMILES string of the molecule is CC[C@@H]1c2nnc(C)n2-c2cnc(-c3cn[nH]c3-c3cscn3)nc2N1C(C)C. The highest BCUT2D eigenvalue weighted by Gasteiger charge is 2.36. The molecule has 0 radical (unpaired) electrons. The first kappa shape index (κ1) is 17.9. The number of hydrogen-bond donors (Lipinski definition) is 1. The van der Waals surface area contributed by atoms with Crippen LogP contribution >= 0.6 is 11.3 Å². The molecular weight excluding hydrogens is 386 g/mol. The van der Waals surface area contributed by atoms with Crippen molar-refractivity contribution in [2.75, 3.05) is 4.90 Å². The molecule has 0 saturated carbocycles. The van der Waals surface area contributed by atoms with E-state index in [0.29, 0.717) is 5.82 Å². The van der Waals surface area contributed by atoms with Crippen molar-refractivity contribution in [1.82, 2.24) is 39.9 Å². The van der Waals surface area contributed by atoms with Crippen LogP contribution in [0.4, 0.5) is 5.82 Å². The van der Waals surface area contributed by atoms with Crippen LogP contribution in [0.1, 0.15) is 44.9 Å². The Morgan fingerprint density at radius 1 is 1.21 bits per heavy atom. The zero-order valence-electron chi connectivity index (χ0n) is 16.7. The Hall–Kier alpha value is -3.14. The van der Waals surface area contributed by atoms with E-state index in [1.165, 1.54) is 0 Å². The lowest BCUT2D eigenvalue weighted by molar-refractivity contribution is 0.496. The molecule has 0 saturated heterocycles. The summed E-state index contributed by atoms with van der Waals surface area (Å²) >= 11 is 1.54. The van der Waals surface area contributed by atoms with E-state index in [2.05, 4.69) is 60.6 Å². The van der Waals surface area contributed by atoms with Gasteiger partial charge in [0, 0.05) is 11.4 Å². The number of H-pyrrole nitrogens is 1. The maximum atomic E-state index is 5.00. The van der Waals surface area contributed by atoms with Crippen LogP contribution in [0.15, 0.2) is 23.3 Å². The maximum absolute atomic E-state index is 5.00. The van der Waals surface area contributed by atoms with Crippen molar-refractivity contribution < 1.29 is 0 Å². The Kier molecular flexibility index (Phi) is 4.16. The summed E-state index contributed by atoms with van der Waals surface area (Å²) in [7, 11) is 0. The van der Waals surface area contributed by atoms with E-state index in [0.717, 1.165) is 46.5 Å². The first-order chi connectivity index (χ1) is 14.1. The third-order valence-corrected chi connectivity index (χ3v) is 5.82. The Morgan fingerprint density at radius 2 is 2.07 bits per heavy atom. The third kappa shape index (κ3) is 2.66. The molecule has 5 rings (SSSR count). The summed E-state index contributed by atoms with van der Waals surface area (Å²) < 4.78 is 2.07. The van der Waals surface area contributed by atoms with Gasteiger partial charge in [0.1, 0.15) is 11.5 Å². The van der Waals surface area contributed by atoms with Crippen molar-refractivity contribution in [1.29, 1.82) is 0 Å². The fourth-order valence-corrected chi connectivity index (χ4v) is 4.52. The number of aromatic amines is 1. The number of aryl methyl sites for hydroxylation is 1. The van der Waals surface area contributed by atoms with Crippen molar-refractivity contribution in [3.63, 3.8) is 0 Å². The van der Waals surface area contributed by atoms with Gasteiger partial charge < -0.3 is 4.90 Å². The van der Waals surface area contributed by atoms with Crippen LogP contribution in [0.2, 0.25) is 0 Å². The third-order valence-electron chi connectivity index (χ3n) is 5.23. The average Bonchev–Trinajstić information content (AvgIpc) is 3.46. The minimum absolute atomic E-state index is 0.105. The zero-order chi connectivity index (χ0) is 20.1. The largest absolute Gasteiger partial charge is 0.342 e. The summed E-state index contributed by atoms with van der Waals surface area (Å²) in [5.74, 6) is 3.29. The molecule has 10 heteroatoms. The lowest BCUT2D eigenvalue weighted by atomic mass is 10.1. The standard InChI is InChI=1S/C19H21N9S/c1-5-14-19-26-24-11(4)28(19)15-7-20-17(23-18(15)27(14)10(2)3)12-6-22-25-16(12)13-8-29-9-21-13/h6-10,14H,5H2,1-4H3,(H,22,25)/t14-/m1/s1. The summed E-state index contributed by atoms with van der Waals surface area (Å²) in [6.07, 6.45) is 4.52. The summed E-state index contributed by atoms with van der Waals surface area (Å²) in [5.41, 5.74) is 5.21. The van der Waals surface area contributed by atoms with Crippen LogP contribution < -0.4 is 4.90 Å². The van der Waals surface area contributed by atoms with Crippen molar-refractivity contribution in [2.24, 2.45) is 0 Å². The second-order valence-corrected chi connectivity index (χ2v) is 8.02. The number of rotatable bonds is 4. The topological polar surface area (TPSA) is 101 Å². The molecule has 1 N–H and O–H groups in total. The van der Waals surface area contributed by atoms with Crippen molar-refractivity contribution >= 4 is 17.2 Å². The molecule has 0 aromatic carbocycles. The van der Waals surface area contributed by atoms with E-state index in [1.807, 2.05) is 18.5 Å². The summed E-state index contributed by atoms with van der Waals surface area (Å²) in [6, 6.07) is 0.350. The van der Waals surface area contributed by atoms with Crippen LogP contribution in [-0.4, -0.2) is 46.0 Å². The van der Waals surface area contributed by atoms with Crippen molar-refractivity contribution in [3.05, 3.63) is 34.9 Å². The summed E-state index contributed by atoms with van der Waals surface area (Å²) in [5, 5.41) is 18.0.